The van der Waals surface area contributed by atoms with Gasteiger partial charge in [0.15, 0.2) is 0 Å². The number of hydrogen-bond donors (Lipinski definition) is 2. The zero-order valence-corrected chi connectivity index (χ0v) is 22.0. The van der Waals surface area contributed by atoms with Crippen molar-refractivity contribution in [1.29, 1.82) is 0 Å². The molecule has 0 radical (unpaired) electrons. The highest BCUT2D eigenvalue weighted by atomic mass is 16.5. The summed E-state index contributed by atoms with van der Waals surface area (Å²) in [6, 6.07) is 0. The predicted octanol–water partition coefficient (Wildman–Crippen LogP) is 1.73. The second-order valence-electron chi connectivity index (χ2n) is 9.69. The van der Waals surface area contributed by atoms with Gasteiger partial charge >= 0.3 is 5.97 Å². The predicted molar refractivity (Wildman–Crippen MR) is 135 cm³/mol. The molecule has 2 fully saturated rings. The zero-order valence-electron chi connectivity index (χ0n) is 22.0. The Labute approximate surface area is 209 Å². The number of carbonyl (C=O) groups is 3. The molecule has 0 spiro atoms. The maximum absolute atomic E-state index is 13.0. The number of rotatable bonds is 10. The summed E-state index contributed by atoms with van der Waals surface area (Å²) in [5.74, 6) is -0.380. The van der Waals surface area contributed by atoms with Crippen LogP contribution in [0.1, 0.15) is 60.4 Å². The van der Waals surface area contributed by atoms with E-state index in [2.05, 4.69) is 27.0 Å². The van der Waals surface area contributed by atoms with Crippen molar-refractivity contribution in [3.05, 3.63) is 22.5 Å². The lowest BCUT2D eigenvalue weighted by Crippen LogP contribution is -2.49. The van der Waals surface area contributed by atoms with Crippen LogP contribution in [0.2, 0.25) is 0 Å². The van der Waals surface area contributed by atoms with Gasteiger partial charge in [-0.2, -0.15) is 0 Å². The second kappa shape index (κ2) is 13.1. The lowest BCUT2D eigenvalue weighted by atomic mass is 9.96. The van der Waals surface area contributed by atoms with E-state index >= 15 is 0 Å². The van der Waals surface area contributed by atoms with Gasteiger partial charge in [0.25, 0.3) is 0 Å². The van der Waals surface area contributed by atoms with Crippen LogP contribution in [-0.2, 0) is 20.7 Å². The minimum Gasteiger partial charge on any atom is -0.461 e. The summed E-state index contributed by atoms with van der Waals surface area (Å²) in [5.41, 5.74) is 3.20. The van der Waals surface area contributed by atoms with Crippen LogP contribution in [0.25, 0.3) is 0 Å². The summed E-state index contributed by atoms with van der Waals surface area (Å²) >= 11 is 0. The number of ether oxygens (including phenoxy) is 1. The molecular formula is C26H43N5O4. The number of aromatic nitrogens is 1. The molecule has 0 saturated carbocycles. The molecule has 196 valence electrons. The van der Waals surface area contributed by atoms with Crippen molar-refractivity contribution in [3.63, 3.8) is 0 Å². The highest BCUT2D eigenvalue weighted by Crippen LogP contribution is 2.22. The fourth-order valence-corrected chi connectivity index (χ4v) is 5.19. The largest absolute Gasteiger partial charge is 0.461 e. The van der Waals surface area contributed by atoms with Gasteiger partial charge in [0.2, 0.25) is 11.8 Å². The van der Waals surface area contributed by atoms with Gasteiger partial charge in [-0.05, 0) is 57.7 Å². The topological polar surface area (TPSA) is 98.0 Å². The lowest BCUT2D eigenvalue weighted by Gasteiger charge is -2.34. The summed E-state index contributed by atoms with van der Waals surface area (Å²) in [6.45, 7) is 16.2. The first-order valence-corrected chi connectivity index (χ1v) is 13.2. The molecular weight excluding hydrogens is 446 g/mol. The number of nitrogens with one attached hydrogen (secondary N) is 2. The number of carbonyl (C=O) groups excluding carboxylic acids is 3. The number of hydrogen-bond acceptors (Lipinski definition) is 6. The first-order valence-electron chi connectivity index (χ1n) is 13.2. The number of nitrogens with zero attached hydrogens (tertiary/aromatic N) is 3. The van der Waals surface area contributed by atoms with Gasteiger partial charge in [0.1, 0.15) is 5.69 Å². The number of piperidine rings is 1. The zero-order chi connectivity index (χ0) is 25.4. The smallest absolute Gasteiger partial charge is 0.355 e. The molecule has 0 unspecified atom stereocenters. The van der Waals surface area contributed by atoms with Crippen molar-refractivity contribution in [2.24, 2.45) is 5.92 Å². The van der Waals surface area contributed by atoms with E-state index in [0.29, 0.717) is 44.8 Å². The number of esters is 1. The number of likely N-dealkylation sites (N-methyl/N-ethyl adjacent to an activating group) is 1. The Kier molecular flexibility index (Phi) is 10.2. The Balaban J connectivity index is 1.43. The number of H-pyrrole nitrogens is 1. The molecule has 0 bridgehead atoms. The SMILES string of the molecule is CCOC(=O)c1[nH]c(C)c(CCC(=O)N2CCC[C@H](C(=O)NCCN3CCN(CC)CC3)C2)c1C. The van der Waals surface area contributed by atoms with Crippen molar-refractivity contribution in [2.75, 3.05) is 65.5 Å². The number of aromatic amines is 1. The second-order valence-corrected chi connectivity index (χ2v) is 9.69. The maximum Gasteiger partial charge on any atom is 0.355 e. The molecule has 9 heteroatoms. The molecule has 2 amide bonds. The minimum atomic E-state index is -0.362. The minimum absolute atomic E-state index is 0.0612. The summed E-state index contributed by atoms with van der Waals surface area (Å²) in [7, 11) is 0. The molecule has 3 rings (SSSR count). The van der Waals surface area contributed by atoms with Crippen molar-refractivity contribution in [3.8, 4) is 0 Å². The normalized spacial score (nSPS) is 19.5. The molecule has 2 aliphatic heterocycles. The average Bonchev–Trinajstić information content (AvgIpc) is 3.16. The van der Waals surface area contributed by atoms with E-state index in [9.17, 15) is 14.4 Å². The van der Waals surface area contributed by atoms with Gasteiger partial charge < -0.3 is 24.8 Å². The molecule has 1 aromatic heterocycles. The lowest BCUT2D eigenvalue weighted by molar-refractivity contribution is -0.135. The Morgan fingerprint density at radius 2 is 1.77 bits per heavy atom. The highest BCUT2D eigenvalue weighted by Gasteiger charge is 2.29. The van der Waals surface area contributed by atoms with Crippen LogP contribution in [0.3, 0.4) is 0 Å². The van der Waals surface area contributed by atoms with Crippen LogP contribution in [0.4, 0.5) is 0 Å². The number of likely N-dealkylation sites (tertiary alicyclic amines) is 1. The Morgan fingerprint density at radius 3 is 2.46 bits per heavy atom. The van der Waals surface area contributed by atoms with E-state index < -0.39 is 0 Å². The first-order chi connectivity index (χ1) is 16.8. The molecule has 35 heavy (non-hydrogen) atoms. The maximum atomic E-state index is 13.0. The average molecular weight is 490 g/mol. The van der Waals surface area contributed by atoms with Crippen LogP contribution in [0.15, 0.2) is 0 Å². The number of piperazine rings is 1. The third-order valence-corrected chi connectivity index (χ3v) is 7.45. The number of aryl methyl sites for hydroxylation is 1. The van der Waals surface area contributed by atoms with E-state index in [0.717, 1.165) is 68.9 Å². The van der Waals surface area contributed by atoms with Crippen LogP contribution in [0, 0.1) is 19.8 Å². The number of amides is 2. The molecule has 3 heterocycles. The third kappa shape index (κ3) is 7.30. The molecule has 1 aromatic rings. The summed E-state index contributed by atoms with van der Waals surface area (Å²) < 4.78 is 5.12. The van der Waals surface area contributed by atoms with Gasteiger partial charge in [-0.15, -0.1) is 0 Å². The van der Waals surface area contributed by atoms with Crippen molar-refractivity contribution < 1.29 is 19.1 Å². The molecule has 2 saturated heterocycles. The Morgan fingerprint density at radius 1 is 1.06 bits per heavy atom. The molecule has 2 aliphatic rings. The standard InChI is InChI=1S/C26H43N5O4/c1-5-29-14-16-30(17-15-29)13-11-27-25(33)21-8-7-12-31(18-21)23(32)10-9-22-19(3)24(28-20(22)4)26(34)35-6-2/h21,28H,5-18H2,1-4H3,(H,27,33)/t21-/m0/s1. The van der Waals surface area contributed by atoms with Crippen molar-refractivity contribution in [2.45, 2.75) is 53.4 Å². The summed E-state index contributed by atoms with van der Waals surface area (Å²) in [5, 5.41) is 3.10. The van der Waals surface area contributed by atoms with Crippen LogP contribution >= 0.6 is 0 Å². The van der Waals surface area contributed by atoms with Gasteiger partial charge in [0, 0.05) is 64.5 Å². The fourth-order valence-electron chi connectivity index (χ4n) is 5.19. The molecule has 1 atom stereocenters. The third-order valence-electron chi connectivity index (χ3n) is 7.45. The van der Waals surface area contributed by atoms with E-state index in [1.165, 1.54) is 0 Å². The quantitative estimate of drug-likeness (QED) is 0.486. The van der Waals surface area contributed by atoms with E-state index in [1.54, 1.807) is 6.92 Å². The Hall–Kier alpha value is -2.39. The van der Waals surface area contributed by atoms with Crippen LogP contribution in [-0.4, -0.2) is 103 Å². The van der Waals surface area contributed by atoms with Gasteiger partial charge in [0.05, 0.1) is 12.5 Å². The van der Waals surface area contributed by atoms with Gasteiger partial charge in [-0.25, -0.2) is 4.79 Å². The molecule has 0 aromatic carbocycles. The Bertz CT molecular complexity index is 875. The molecule has 2 N–H and O–H groups in total. The van der Waals surface area contributed by atoms with Crippen molar-refractivity contribution >= 4 is 17.8 Å². The monoisotopic (exact) mass is 489 g/mol. The van der Waals surface area contributed by atoms with E-state index in [1.807, 2.05) is 18.7 Å². The molecule has 9 nitrogen and oxygen atoms in total. The fraction of sp³-hybridized carbons (Fsp3) is 0.731. The van der Waals surface area contributed by atoms with Gasteiger partial charge in [-0.3, -0.25) is 14.5 Å². The first kappa shape index (κ1) is 27.2. The van der Waals surface area contributed by atoms with E-state index in [4.69, 9.17) is 4.74 Å². The summed E-state index contributed by atoms with van der Waals surface area (Å²) in [6.07, 6.45) is 2.59. The van der Waals surface area contributed by atoms with Crippen LogP contribution < -0.4 is 5.32 Å². The molecule has 0 aliphatic carbocycles. The highest BCUT2D eigenvalue weighted by molar-refractivity contribution is 5.90. The van der Waals surface area contributed by atoms with Crippen molar-refractivity contribution in [1.82, 2.24) is 25.0 Å². The van der Waals surface area contributed by atoms with Crippen LogP contribution in [0.5, 0.6) is 0 Å². The van der Waals surface area contributed by atoms with Gasteiger partial charge in [-0.1, -0.05) is 6.92 Å². The summed E-state index contributed by atoms with van der Waals surface area (Å²) in [4.78, 5) is 47.7. The van der Waals surface area contributed by atoms with E-state index in [-0.39, 0.29) is 23.7 Å².